The molecule has 1 heterocycles. The first-order valence-electron chi connectivity index (χ1n) is 8.14. The normalized spacial score (nSPS) is 17.4. The first kappa shape index (κ1) is 15.1. The zero-order valence-electron chi connectivity index (χ0n) is 12.9. The van der Waals surface area contributed by atoms with E-state index in [4.69, 9.17) is 10.5 Å². The Labute approximate surface area is 132 Å². The molecule has 2 aromatic carbocycles. The van der Waals surface area contributed by atoms with E-state index >= 15 is 0 Å². The lowest BCUT2D eigenvalue weighted by Gasteiger charge is -2.19. The van der Waals surface area contributed by atoms with E-state index in [1.165, 1.54) is 16.7 Å². The van der Waals surface area contributed by atoms with Crippen LogP contribution in [-0.2, 0) is 0 Å². The molecule has 3 heteroatoms. The van der Waals surface area contributed by atoms with Gasteiger partial charge in [0, 0.05) is 11.6 Å². The van der Waals surface area contributed by atoms with Gasteiger partial charge in [-0.25, -0.2) is 0 Å². The predicted octanol–water partition coefficient (Wildman–Crippen LogP) is 3.51. The fraction of sp³-hybridized carbons (Fsp3) is 0.368. The SMILES string of the molecule is NCCCNC1CCCOc2ccc(-c3ccccc3)cc21. The van der Waals surface area contributed by atoms with Crippen LogP contribution in [0.15, 0.2) is 48.5 Å². The van der Waals surface area contributed by atoms with Gasteiger partial charge >= 0.3 is 0 Å². The van der Waals surface area contributed by atoms with Gasteiger partial charge in [0.2, 0.25) is 0 Å². The van der Waals surface area contributed by atoms with Gasteiger partial charge in [0.25, 0.3) is 0 Å². The zero-order valence-corrected chi connectivity index (χ0v) is 12.9. The molecule has 0 aliphatic carbocycles. The van der Waals surface area contributed by atoms with Crippen molar-refractivity contribution in [2.45, 2.75) is 25.3 Å². The number of benzene rings is 2. The van der Waals surface area contributed by atoms with Crippen LogP contribution in [0.2, 0.25) is 0 Å². The highest BCUT2D eigenvalue weighted by molar-refractivity contribution is 5.66. The molecule has 2 aromatic rings. The summed E-state index contributed by atoms with van der Waals surface area (Å²) in [4.78, 5) is 0. The molecule has 0 saturated heterocycles. The zero-order chi connectivity index (χ0) is 15.2. The molecule has 0 bridgehead atoms. The van der Waals surface area contributed by atoms with Crippen LogP contribution in [0.4, 0.5) is 0 Å². The molecule has 1 unspecified atom stereocenters. The lowest BCUT2D eigenvalue weighted by Crippen LogP contribution is -2.23. The fourth-order valence-electron chi connectivity index (χ4n) is 2.98. The molecular formula is C19H24N2O. The van der Waals surface area contributed by atoms with Crippen molar-refractivity contribution in [3.8, 4) is 16.9 Å². The van der Waals surface area contributed by atoms with Crippen LogP contribution < -0.4 is 15.8 Å². The highest BCUT2D eigenvalue weighted by atomic mass is 16.5. The van der Waals surface area contributed by atoms with Crippen molar-refractivity contribution in [1.82, 2.24) is 5.32 Å². The van der Waals surface area contributed by atoms with Gasteiger partial charge in [-0.2, -0.15) is 0 Å². The molecular weight excluding hydrogens is 272 g/mol. The van der Waals surface area contributed by atoms with Gasteiger partial charge in [0.1, 0.15) is 5.75 Å². The Morgan fingerprint density at radius 1 is 1.09 bits per heavy atom. The molecule has 3 nitrogen and oxygen atoms in total. The van der Waals surface area contributed by atoms with Gasteiger partial charge < -0.3 is 15.8 Å². The molecule has 0 aromatic heterocycles. The van der Waals surface area contributed by atoms with Gasteiger partial charge in [-0.1, -0.05) is 36.4 Å². The topological polar surface area (TPSA) is 47.3 Å². The Balaban J connectivity index is 1.89. The molecule has 1 atom stereocenters. The maximum Gasteiger partial charge on any atom is 0.124 e. The summed E-state index contributed by atoms with van der Waals surface area (Å²) in [6.45, 7) is 2.48. The van der Waals surface area contributed by atoms with E-state index in [0.29, 0.717) is 6.04 Å². The number of nitrogens with two attached hydrogens (primary N) is 1. The van der Waals surface area contributed by atoms with Crippen LogP contribution in [0.25, 0.3) is 11.1 Å². The van der Waals surface area contributed by atoms with E-state index in [-0.39, 0.29) is 0 Å². The molecule has 0 amide bonds. The summed E-state index contributed by atoms with van der Waals surface area (Å²) in [6.07, 6.45) is 3.19. The maximum absolute atomic E-state index is 5.91. The Hall–Kier alpha value is -1.84. The van der Waals surface area contributed by atoms with Gasteiger partial charge in [0.05, 0.1) is 6.61 Å². The Morgan fingerprint density at radius 2 is 1.95 bits per heavy atom. The molecule has 3 rings (SSSR count). The molecule has 0 spiro atoms. The minimum Gasteiger partial charge on any atom is -0.493 e. The van der Waals surface area contributed by atoms with E-state index < -0.39 is 0 Å². The number of ether oxygens (including phenoxy) is 1. The quantitative estimate of drug-likeness (QED) is 0.830. The van der Waals surface area contributed by atoms with E-state index in [1.54, 1.807) is 0 Å². The molecule has 3 N–H and O–H groups in total. The lowest BCUT2D eigenvalue weighted by atomic mass is 9.96. The van der Waals surface area contributed by atoms with Crippen molar-refractivity contribution in [3.05, 3.63) is 54.1 Å². The molecule has 1 aliphatic heterocycles. The third kappa shape index (κ3) is 3.49. The number of nitrogens with one attached hydrogen (secondary N) is 1. The van der Waals surface area contributed by atoms with Crippen LogP contribution in [-0.4, -0.2) is 19.7 Å². The Bertz CT molecular complexity index is 598. The van der Waals surface area contributed by atoms with Gasteiger partial charge in [-0.15, -0.1) is 0 Å². The number of hydrogen-bond acceptors (Lipinski definition) is 3. The summed E-state index contributed by atoms with van der Waals surface area (Å²) in [6, 6.07) is 17.4. The minimum absolute atomic E-state index is 0.354. The third-order valence-electron chi connectivity index (χ3n) is 4.16. The van der Waals surface area contributed by atoms with Crippen molar-refractivity contribution in [3.63, 3.8) is 0 Å². The molecule has 0 saturated carbocycles. The maximum atomic E-state index is 5.91. The second-order valence-corrected chi connectivity index (χ2v) is 5.76. The van der Waals surface area contributed by atoms with E-state index in [1.807, 2.05) is 6.07 Å². The van der Waals surface area contributed by atoms with Crippen molar-refractivity contribution < 1.29 is 4.74 Å². The summed E-state index contributed by atoms with van der Waals surface area (Å²) in [5, 5.41) is 3.64. The van der Waals surface area contributed by atoms with E-state index in [0.717, 1.165) is 44.7 Å². The lowest BCUT2D eigenvalue weighted by molar-refractivity contribution is 0.315. The van der Waals surface area contributed by atoms with Gasteiger partial charge in [-0.3, -0.25) is 0 Å². The van der Waals surface area contributed by atoms with Crippen LogP contribution in [0.3, 0.4) is 0 Å². The van der Waals surface area contributed by atoms with Gasteiger partial charge in [0.15, 0.2) is 0 Å². The van der Waals surface area contributed by atoms with Crippen LogP contribution in [0.1, 0.15) is 30.9 Å². The first-order valence-corrected chi connectivity index (χ1v) is 8.14. The third-order valence-corrected chi connectivity index (χ3v) is 4.16. The average molecular weight is 296 g/mol. The molecule has 0 fully saturated rings. The molecule has 116 valence electrons. The minimum atomic E-state index is 0.354. The highest BCUT2D eigenvalue weighted by Crippen LogP contribution is 2.35. The first-order chi connectivity index (χ1) is 10.9. The van der Waals surface area contributed by atoms with Gasteiger partial charge in [-0.05, 0) is 55.6 Å². The number of fused-ring (bicyclic) bond motifs is 1. The van der Waals surface area contributed by atoms with Crippen molar-refractivity contribution >= 4 is 0 Å². The second kappa shape index (κ2) is 7.43. The summed E-state index contributed by atoms with van der Waals surface area (Å²) >= 11 is 0. The predicted molar refractivity (Wildman–Crippen MR) is 91.0 cm³/mol. The van der Waals surface area contributed by atoms with Crippen molar-refractivity contribution in [1.29, 1.82) is 0 Å². The smallest absolute Gasteiger partial charge is 0.124 e. The van der Waals surface area contributed by atoms with Crippen LogP contribution in [0, 0.1) is 0 Å². The highest BCUT2D eigenvalue weighted by Gasteiger charge is 2.19. The molecule has 1 aliphatic rings. The second-order valence-electron chi connectivity index (χ2n) is 5.76. The number of rotatable bonds is 5. The van der Waals surface area contributed by atoms with E-state index in [9.17, 15) is 0 Å². The summed E-state index contributed by atoms with van der Waals surface area (Å²) in [5.41, 5.74) is 9.37. The van der Waals surface area contributed by atoms with E-state index in [2.05, 4.69) is 47.8 Å². The summed E-state index contributed by atoms with van der Waals surface area (Å²) in [7, 11) is 0. The Morgan fingerprint density at radius 3 is 2.77 bits per heavy atom. The molecule has 22 heavy (non-hydrogen) atoms. The van der Waals surface area contributed by atoms with Crippen LogP contribution in [0.5, 0.6) is 5.75 Å². The van der Waals surface area contributed by atoms with Crippen LogP contribution >= 0.6 is 0 Å². The average Bonchev–Trinajstić information content (AvgIpc) is 2.78. The Kier molecular flexibility index (Phi) is 5.09. The fourth-order valence-corrected chi connectivity index (χ4v) is 2.98. The summed E-state index contributed by atoms with van der Waals surface area (Å²) < 4.78 is 5.91. The standard InChI is InChI=1S/C19H24N2O/c20-11-5-12-21-18-8-4-13-22-19-10-9-16(14-17(18)19)15-6-2-1-3-7-15/h1-3,6-7,9-10,14,18,21H,4-5,8,11-13,20H2. The molecule has 0 radical (unpaired) electrons. The monoisotopic (exact) mass is 296 g/mol. The largest absolute Gasteiger partial charge is 0.493 e. The van der Waals surface area contributed by atoms with Crippen molar-refractivity contribution in [2.24, 2.45) is 5.73 Å². The number of hydrogen-bond donors (Lipinski definition) is 2. The summed E-state index contributed by atoms with van der Waals surface area (Å²) in [5.74, 6) is 1.02. The van der Waals surface area contributed by atoms with Crippen molar-refractivity contribution in [2.75, 3.05) is 19.7 Å².